The van der Waals surface area contributed by atoms with E-state index >= 15 is 0 Å². The van der Waals surface area contributed by atoms with Crippen LogP contribution in [0.4, 0.5) is 0 Å². The smallest absolute Gasteiger partial charge is 0.331 e. The molecule has 0 aromatic carbocycles. The summed E-state index contributed by atoms with van der Waals surface area (Å²) in [5.74, 6) is 0.0897. The fourth-order valence-electron chi connectivity index (χ4n) is 1.72. The zero-order valence-corrected chi connectivity index (χ0v) is 7.33. The number of fused-ring (bicyclic) bond motifs is 1. The van der Waals surface area contributed by atoms with Gasteiger partial charge in [-0.1, -0.05) is 0 Å². The van der Waals surface area contributed by atoms with Gasteiger partial charge in [-0.25, -0.2) is 4.79 Å². The Kier molecular flexibility index (Phi) is 1.72. The summed E-state index contributed by atoms with van der Waals surface area (Å²) in [7, 11) is 0. The Labute approximate surface area is 75.7 Å². The molecule has 1 aliphatic rings. The van der Waals surface area contributed by atoms with Gasteiger partial charge in [0.25, 0.3) is 0 Å². The maximum atomic E-state index is 10.8. The van der Waals surface area contributed by atoms with E-state index in [-0.39, 0.29) is 0 Å². The van der Waals surface area contributed by atoms with Crippen LogP contribution < -0.4 is 0 Å². The molecule has 0 fully saturated rings. The molecule has 13 heavy (non-hydrogen) atoms. The van der Waals surface area contributed by atoms with Crippen LogP contribution in [0.3, 0.4) is 0 Å². The van der Waals surface area contributed by atoms with Crippen molar-refractivity contribution in [3.8, 4) is 0 Å². The molecule has 0 spiro atoms. The summed E-state index contributed by atoms with van der Waals surface area (Å²) in [5.41, 5.74) is 2.29. The van der Waals surface area contributed by atoms with Gasteiger partial charge in [0.15, 0.2) is 0 Å². The molecule has 68 valence electrons. The largest absolute Gasteiger partial charge is 0.478 e. The van der Waals surface area contributed by atoms with E-state index in [4.69, 9.17) is 9.52 Å². The van der Waals surface area contributed by atoms with Crippen molar-refractivity contribution in [1.29, 1.82) is 0 Å². The third kappa shape index (κ3) is 1.16. The molecule has 1 aliphatic carbocycles. The molecule has 0 aliphatic heterocycles. The van der Waals surface area contributed by atoms with Crippen molar-refractivity contribution in [2.24, 2.45) is 0 Å². The lowest BCUT2D eigenvalue weighted by atomic mass is 9.91. The number of carboxylic acid groups (broad SMARTS) is 1. The number of allylic oxidation sites excluding steroid dienone is 1. The van der Waals surface area contributed by atoms with Crippen LogP contribution in [-0.4, -0.2) is 11.1 Å². The van der Waals surface area contributed by atoms with Gasteiger partial charge in [0.2, 0.25) is 0 Å². The molecule has 3 heteroatoms. The van der Waals surface area contributed by atoms with Gasteiger partial charge in [-0.15, -0.1) is 0 Å². The summed E-state index contributed by atoms with van der Waals surface area (Å²) < 4.78 is 5.23. The van der Waals surface area contributed by atoms with E-state index in [1.165, 1.54) is 0 Å². The fraction of sp³-hybridized carbons (Fsp3) is 0.300. The Balaban J connectivity index is 2.54. The summed E-state index contributed by atoms with van der Waals surface area (Å²) in [6, 6.07) is 1.83. The van der Waals surface area contributed by atoms with E-state index in [9.17, 15) is 4.79 Å². The standard InChI is InChI=1S/C10H10O3/c1-6-7-4-5-13-9(7)3-2-8(6)10(11)12/h4-5H,2-3H2,1H3,(H,11,12). The van der Waals surface area contributed by atoms with Crippen LogP contribution in [-0.2, 0) is 11.2 Å². The highest BCUT2D eigenvalue weighted by atomic mass is 16.4. The molecule has 0 atom stereocenters. The minimum Gasteiger partial charge on any atom is -0.478 e. The summed E-state index contributed by atoms with van der Waals surface area (Å²) in [6.45, 7) is 1.83. The van der Waals surface area contributed by atoms with E-state index in [1.807, 2.05) is 13.0 Å². The SMILES string of the molecule is CC1=C(C(=O)O)CCc2occc21. The van der Waals surface area contributed by atoms with E-state index in [0.717, 1.165) is 16.9 Å². The average molecular weight is 178 g/mol. The van der Waals surface area contributed by atoms with Gasteiger partial charge in [-0.2, -0.15) is 0 Å². The molecule has 1 N–H and O–H groups in total. The van der Waals surface area contributed by atoms with Crippen molar-refractivity contribution < 1.29 is 14.3 Å². The van der Waals surface area contributed by atoms with E-state index < -0.39 is 5.97 Å². The van der Waals surface area contributed by atoms with Crippen molar-refractivity contribution >= 4 is 11.5 Å². The van der Waals surface area contributed by atoms with Gasteiger partial charge in [0.05, 0.1) is 6.26 Å². The van der Waals surface area contributed by atoms with E-state index in [2.05, 4.69) is 0 Å². The number of hydrogen-bond donors (Lipinski definition) is 1. The molecule has 0 radical (unpaired) electrons. The minimum absolute atomic E-state index is 0.508. The molecule has 0 unspecified atom stereocenters. The second-order valence-electron chi connectivity index (χ2n) is 3.17. The Morgan fingerprint density at radius 1 is 1.54 bits per heavy atom. The Morgan fingerprint density at radius 2 is 2.31 bits per heavy atom. The molecular formula is C10H10O3. The number of aliphatic carboxylic acids is 1. The second kappa shape index (κ2) is 2.76. The maximum Gasteiger partial charge on any atom is 0.331 e. The highest BCUT2D eigenvalue weighted by Crippen LogP contribution is 2.31. The van der Waals surface area contributed by atoms with Gasteiger partial charge < -0.3 is 9.52 Å². The van der Waals surface area contributed by atoms with Crippen molar-refractivity contribution in [3.05, 3.63) is 29.2 Å². The zero-order chi connectivity index (χ0) is 9.42. The fourth-order valence-corrected chi connectivity index (χ4v) is 1.72. The molecule has 0 saturated heterocycles. The average Bonchev–Trinajstić information content (AvgIpc) is 2.52. The predicted molar refractivity (Wildman–Crippen MR) is 47.3 cm³/mol. The molecule has 0 amide bonds. The van der Waals surface area contributed by atoms with Crippen LogP contribution in [0, 0.1) is 0 Å². The summed E-state index contributed by atoms with van der Waals surface area (Å²) in [4.78, 5) is 10.8. The van der Waals surface area contributed by atoms with Crippen LogP contribution in [0.15, 0.2) is 22.3 Å². The minimum atomic E-state index is -0.815. The number of hydrogen-bond acceptors (Lipinski definition) is 2. The third-order valence-corrected chi connectivity index (χ3v) is 2.46. The molecule has 3 nitrogen and oxygen atoms in total. The van der Waals surface area contributed by atoms with Crippen LogP contribution in [0.1, 0.15) is 24.7 Å². The van der Waals surface area contributed by atoms with Gasteiger partial charge >= 0.3 is 5.97 Å². The zero-order valence-electron chi connectivity index (χ0n) is 7.33. The van der Waals surface area contributed by atoms with Gasteiger partial charge in [0, 0.05) is 17.6 Å². The number of rotatable bonds is 1. The van der Waals surface area contributed by atoms with Gasteiger partial charge in [0.1, 0.15) is 5.76 Å². The first-order valence-corrected chi connectivity index (χ1v) is 4.20. The van der Waals surface area contributed by atoms with Crippen molar-refractivity contribution in [2.45, 2.75) is 19.8 Å². The quantitative estimate of drug-likeness (QED) is 0.716. The molecule has 1 aromatic heterocycles. The third-order valence-electron chi connectivity index (χ3n) is 2.46. The highest BCUT2D eigenvalue weighted by Gasteiger charge is 2.21. The molecule has 1 aromatic rings. The van der Waals surface area contributed by atoms with Crippen molar-refractivity contribution in [1.82, 2.24) is 0 Å². The monoisotopic (exact) mass is 178 g/mol. The van der Waals surface area contributed by atoms with Crippen LogP contribution in [0.2, 0.25) is 0 Å². The first-order chi connectivity index (χ1) is 6.20. The normalized spacial score (nSPS) is 15.8. The Morgan fingerprint density at radius 3 is 3.00 bits per heavy atom. The van der Waals surface area contributed by atoms with Crippen molar-refractivity contribution in [2.75, 3.05) is 0 Å². The molecule has 0 saturated carbocycles. The number of furan rings is 1. The summed E-state index contributed by atoms with van der Waals surface area (Å²) in [6.07, 6.45) is 2.88. The second-order valence-corrected chi connectivity index (χ2v) is 3.17. The molecule has 1 heterocycles. The lowest BCUT2D eigenvalue weighted by Gasteiger charge is -2.13. The van der Waals surface area contributed by atoms with Crippen molar-refractivity contribution in [3.63, 3.8) is 0 Å². The lowest BCUT2D eigenvalue weighted by Crippen LogP contribution is -2.09. The summed E-state index contributed by atoms with van der Waals surface area (Å²) >= 11 is 0. The topological polar surface area (TPSA) is 50.4 Å². The van der Waals surface area contributed by atoms with Crippen LogP contribution in [0.25, 0.3) is 5.57 Å². The molecular weight excluding hydrogens is 168 g/mol. The number of carbonyl (C=O) groups is 1. The Bertz CT molecular complexity index is 385. The highest BCUT2D eigenvalue weighted by molar-refractivity contribution is 5.97. The summed E-state index contributed by atoms with van der Waals surface area (Å²) in [5, 5.41) is 8.88. The Hall–Kier alpha value is -1.51. The van der Waals surface area contributed by atoms with Crippen LogP contribution in [0.5, 0.6) is 0 Å². The van der Waals surface area contributed by atoms with E-state index in [1.54, 1.807) is 6.26 Å². The number of aryl methyl sites for hydroxylation is 1. The maximum absolute atomic E-state index is 10.8. The molecule has 0 bridgehead atoms. The van der Waals surface area contributed by atoms with Gasteiger partial charge in [-0.3, -0.25) is 0 Å². The first kappa shape index (κ1) is 8.10. The van der Waals surface area contributed by atoms with Crippen LogP contribution >= 0.6 is 0 Å². The van der Waals surface area contributed by atoms with Gasteiger partial charge in [-0.05, 0) is 25.0 Å². The predicted octanol–water partition coefficient (Wildman–Crippen LogP) is 2.08. The lowest BCUT2D eigenvalue weighted by molar-refractivity contribution is -0.132. The number of carboxylic acids is 1. The van der Waals surface area contributed by atoms with E-state index in [0.29, 0.717) is 18.4 Å². The first-order valence-electron chi connectivity index (χ1n) is 4.20. The molecule has 2 rings (SSSR count).